The Kier molecular flexibility index (Phi) is 13.5. The maximum Gasteiger partial charge on any atom is 0.343 e. The number of ether oxygens (including phenoxy) is 1. The number of carbonyl (C=O) groups excluding carboxylic acids is 8. The average Bonchev–Trinajstić information content (AvgIpc) is 3.87. The Morgan fingerprint density at radius 1 is 1.00 bits per heavy atom. The van der Waals surface area contributed by atoms with Crippen LogP contribution in [0.15, 0.2) is 16.9 Å². The Morgan fingerprint density at radius 3 is 2.45 bits per heavy atom. The minimum Gasteiger partial charge on any atom is -0.458 e. The van der Waals surface area contributed by atoms with Gasteiger partial charge in [0.1, 0.15) is 30.7 Å². The van der Waals surface area contributed by atoms with Crippen molar-refractivity contribution in [2.75, 3.05) is 39.3 Å². The number of benzene rings is 1. The first-order valence-electron chi connectivity index (χ1n) is 21.1. The van der Waals surface area contributed by atoms with E-state index in [9.17, 15) is 48.3 Å². The molecule has 1 fully saturated rings. The smallest absolute Gasteiger partial charge is 0.343 e. The van der Waals surface area contributed by atoms with E-state index in [1.165, 1.54) is 23.6 Å². The number of aryl methyl sites for hydroxylation is 1. The molecular formula is C42H48F2N10O12. The quantitative estimate of drug-likeness (QED) is 0.0449. The number of pyridine rings is 2. The van der Waals surface area contributed by atoms with Crippen LogP contribution < -0.4 is 43.4 Å². The van der Waals surface area contributed by atoms with E-state index in [0.29, 0.717) is 46.2 Å². The van der Waals surface area contributed by atoms with Crippen molar-refractivity contribution in [1.82, 2.24) is 46.5 Å². The summed E-state index contributed by atoms with van der Waals surface area (Å²) in [5, 5.41) is 23.9. The summed E-state index contributed by atoms with van der Waals surface area (Å²) < 4.78 is 37.0. The molecule has 5 atom stereocenters. The van der Waals surface area contributed by atoms with E-state index in [-0.39, 0.29) is 61.4 Å². The van der Waals surface area contributed by atoms with E-state index < -0.39 is 115 Å². The molecular weight excluding hydrogens is 875 g/mol. The Bertz CT molecular complexity index is 2640. The van der Waals surface area contributed by atoms with Gasteiger partial charge in [0.15, 0.2) is 12.2 Å². The van der Waals surface area contributed by atoms with Crippen LogP contribution in [0.25, 0.3) is 22.3 Å². The molecule has 4 aliphatic rings. The Hall–Kier alpha value is -6.92. The first kappa shape index (κ1) is 47.1. The van der Waals surface area contributed by atoms with Gasteiger partial charge in [0.25, 0.3) is 11.5 Å². The summed E-state index contributed by atoms with van der Waals surface area (Å²) in [6, 6.07) is -0.687. The number of halogens is 2. The zero-order valence-electron chi connectivity index (χ0n) is 36.1. The molecule has 7 amide bonds. The molecule has 0 saturated carbocycles. The number of hydrogen-bond donors (Lipinski definition) is 8. The minimum absolute atomic E-state index is 0.00405. The van der Waals surface area contributed by atoms with Gasteiger partial charge in [-0.2, -0.15) is 0 Å². The van der Waals surface area contributed by atoms with E-state index in [0.717, 1.165) is 4.90 Å². The predicted octanol–water partition coefficient (Wildman–Crippen LogP) is -2.57. The molecule has 3 aliphatic heterocycles. The van der Waals surface area contributed by atoms with Crippen molar-refractivity contribution in [2.45, 2.75) is 89.5 Å². The molecule has 2 aromatic heterocycles. The van der Waals surface area contributed by atoms with Gasteiger partial charge in [0.2, 0.25) is 35.4 Å². The van der Waals surface area contributed by atoms with Crippen LogP contribution in [-0.4, -0.2) is 124 Å². The zero-order valence-corrected chi connectivity index (χ0v) is 36.1. The van der Waals surface area contributed by atoms with E-state index in [1.54, 1.807) is 13.8 Å². The van der Waals surface area contributed by atoms with E-state index in [2.05, 4.69) is 26.6 Å². The number of aliphatic hydroxyl groups is 1. The van der Waals surface area contributed by atoms with Crippen molar-refractivity contribution in [2.24, 2.45) is 5.73 Å². The second kappa shape index (κ2) is 18.9. The van der Waals surface area contributed by atoms with Crippen LogP contribution in [0.1, 0.15) is 72.5 Å². The largest absolute Gasteiger partial charge is 0.458 e. The Morgan fingerprint density at radius 2 is 1.73 bits per heavy atom. The van der Waals surface area contributed by atoms with Crippen molar-refractivity contribution in [3.05, 3.63) is 61.7 Å². The summed E-state index contributed by atoms with van der Waals surface area (Å²) in [4.78, 5) is 125. The van der Waals surface area contributed by atoms with Gasteiger partial charge in [0.05, 0.1) is 61.2 Å². The first-order chi connectivity index (χ1) is 31.4. The normalized spacial score (nSPS) is 20.6. The van der Waals surface area contributed by atoms with Gasteiger partial charge >= 0.3 is 5.97 Å². The highest BCUT2D eigenvalue weighted by Gasteiger charge is 2.46. The number of cyclic esters (lactones) is 1. The number of alkyl halides is 1. The van der Waals surface area contributed by atoms with Gasteiger partial charge in [-0.25, -0.2) is 24.0 Å². The molecule has 7 rings (SSSR count). The number of nitrogens with two attached hydrogens (primary N) is 1. The standard InChI is InChI=1S/C42H48F2N10O12/c1-4-42(64)23-9-28-36-21(15-54(28)40(62)22(23)16-65-41(42)63)35-26(6-5-20-18(2)25(44)10-27(51-36)34(20)35)50-32(58)17-66-52-39(61)37-24(43)7-8-53(37)33(59)14-47-30(56)12-48-38(60)19(3)49-31(57)13-46-29(55)11-45/h9-10,19,24,26,37,64H,4-8,11-17,45H2,1-3H3,(H,46,55)(H,47,56)(H,48,60)(H,49,57)(H,50,58)(H,52,61)/t19-,24-,26-,37+,42-/m0/s1. The lowest BCUT2D eigenvalue weighted by molar-refractivity contribution is -0.172. The number of aromatic nitrogens is 2. The zero-order chi connectivity index (χ0) is 47.8. The van der Waals surface area contributed by atoms with Crippen LogP contribution in [0.2, 0.25) is 0 Å². The fraction of sp³-hybridized carbons (Fsp3) is 0.476. The molecule has 1 aliphatic carbocycles. The number of esters is 1. The second-order valence-electron chi connectivity index (χ2n) is 16.3. The van der Waals surface area contributed by atoms with Gasteiger partial charge in [-0.1, -0.05) is 6.92 Å². The summed E-state index contributed by atoms with van der Waals surface area (Å²) in [5.74, 6) is -6.84. The fourth-order valence-corrected chi connectivity index (χ4v) is 8.78. The molecule has 24 heteroatoms. The van der Waals surface area contributed by atoms with Crippen LogP contribution in [0.4, 0.5) is 8.78 Å². The molecule has 9 N–H and O–H groups in total. The SMILES string of the molecule is CC[C@@]1(O)C(=O)OCc2c1cc1n(c2=O)Cc2c-1nc1cc(F)c(C)c3c1c2[C@@H](NC(=O)CONC(=O)[C@H]1[C@@H](F)CCN1C(=O)CNC(=O)CNC(=O)[C@H](C)NC(=O)CNC(=O)CN)CC3. The summed E-state index contributed by atoms with van der Waals surface area (Å²) in [6.45, 7) is 1.26. The number of hydroxylamine groups is 1. The third-order valence-corrected chi connectivity index (χ3v) is 12.3. The highest BCUT2D eigenvalue weighted by atomic mass is 19.1. The summed E-state index contributed by atoms with van der Waals surface area (Å²) in [6.07, 6.45) is -1.47. The van der Waals surface area contributed by atoms with Crippen molar-refractivity contribution in [3.63, 3.8) is 0 Å². The second-order valence-corrected chi connectivity index (χ2v) is 16.3. The van der Waals surface area contributed by atoms with Crippen LogP contribution in [0.3, 0.4) is 0 Å². The lowest BCUT2D eigenvalue weighted by Gasteiger charge is -2.31. The van der Waals surface area contributed by atoms with Crippen molar-refractivity contribution < 1.29 is 61.8 Å². The van der Waals surface area contributed by atoms with E-state index >= 15 is 8.78 Å². The number of likely N-dealkylation sites (tertiary alicyclic amines) is 1. The van der Waals surface area contributed by atoms with Gasteiger partial charge in [-0.3, -0.25) is 43.2 Å². The third-order valence-electron chi connectivity index (χ3n) is 12.3. The molecule has 0 spiro atoms. The Balaban J connectivity index is 0.967. The predicted molar refractivity (Wildman–Crippen MR) is 223 cm³/mol. The molecule has 5 heterocycles. The molecule has 0 bridgehead atoms. The minimum atomic E-state index is -2.08. The molecule has 1 saturated heterocycles. The van der Waals surface area contributed by atoms with Crippen molar-refractivity contribution in [3.8, 4) is 11.4 Å². The Labute approximate surface area is 373 Å². The molecule has 3 aromatic rings. The molecule has 0 unspecified atom stereocenters. The first-order valence-corrected chi connectivity index (χ1v) is 21.1. The van der Waals surface area contributed by atoms with Gasteiger partial charge in [-0.05, 0) is 62.3 Å². The van der Waals surface area contributed by atoms with Gasteiger partial charge in [-0.15, -0.1) is 0 Å². The van der Waals surface area contributed by atoms with E-state index in [1.807, 2.05) is 5.48 Å². The summed E-state index contributed by atoms with van der Waals surface area (Å²) in [7, 11) is 0. The number of fused-ring (bicyclic) bond motifs is 5. The molecule has 352 valence electrons. The average molecular weight is 923 g/mol. The van der Waals surface area contributed by atoms with Gasteiger partial charge in [0, 0.05) is 29.1 Å². The van der Waals surface area contributed by atoms with E-state index in [4.69, 9.17) is 20.3 Å². The molecule has 1 aromatic carbocycles. The number of carbonyl (C=O) groups is 8. The van der Waals surface area contributed by atoms with Crippen LogP contribution in [-0.2, 0) is 73.1 Å². The van der Waals surface area contributed by atoms with Crippen molar-refractivity contribution in [1.29, 1.82) is 0 Å². The lowest BCUT2D eigenvalue weighted by atomic mass is 9.81. The van der Waals surface area contributed by atoms with Crippen molar-refractivity contribution >= 4 is 58.2 Å². The summed E-state index contributed by atoms with van der Waals surface area (Å²) >= 11 is 0. The molecule has 66 heavy (non-hydrogen) atoms. The topological polar surface area (TPSA) is 312 Å². The molecule has 22 nitrogen and oxygen atoms in total. The fourth-order valence-electron chi connectivity index (χ4n) is 8.78. The number of rotatable bonds is 15. The number of hydrogen-bond acceptors (Lipinski definition) is 14. The number of nitrogens with one attached hydrogen (secondary N) is 6. The highest BCUT2D eigenvalue weighted by Crippen LogP contribution is 2.46. The highest BCUT2D eigenvalue weighted by molar-refractivity contribution is 5.95. The lowest BCUT2D eigenvalue weighted by Crippen LogP contribution is -2.53. The number of nitrogens with zero attached hydrogens (tertiary/aromatic N) is 3. The van der Waals surface area contributed by atoms with Gasteiger partial charge < -0.3 is 51.6 Å². The maximum atomic E-state index is 15.3. The maximum absolute atomic E-state index is 15.3. The van der Waals surface area contributed by atoms with Crippen LogP contribution in [0, 0.1) is 12.7 Å². The summed E-state index contributed by atoms with van der Waals surface area (Å²) in [5.41, 5.74) is 7.87. The van der Waals surface area contributed by atoms with Crippen LogP contribution >= 0.6 is 0 Å². The number of amides is 7. The monoisotopic (exact) mass is 922 g/mol. The molecule has 0 radical (unpaired) electrons. The van der Waals surface area contributed by atoms with Crippen LogP contribution in [0.5, 0.6) is 0 Å². The third kappa shape index (κ3) is 8.89.